The van der Waals surface area contributed by atoms with Gasteiger partial charge in [0, 0.05) is 17.4 Å². The fraction of sp³-hybridized carbons (Fsp3) is 0.0714. The minimum Gasteiger partial charge on any atom is -0.465 e. The first kappa shape index (κ1) is 12.2. The highest BCUT2D eigenvalue weighted by atomic mass is 16.5. The summed E-state index contributed by atoms with van der Waals surface area (Å²) in [5.74, 6) is 0.146. The highest BCUT2D eigenvalue weighted by molar-refractivity contribution is 5.89. The van der Waals surface area contributed by atoms with Crippen LogP contribution in [0.25, 0.3) is 17.0 Å². The van der Waals surface area contributed by atoms with Crippen LogP contribution in [-0.4, -0.2) is 27.7 Å². The van der Waals surface area contributed by atoms with Crippen LogP contribution in [0.3, 0.4) is 0 Å². The molecule has 0 atom stereocenters. The highest BCUT2D eigenvalue weighted by Crippen LogP contribution is 2.19. The Kier molecular flexibility index (Phi) is 2.83. The lowest BCUT2D eigenvalue weighted by Crippen LogP contribution is -2.03. The summed E-state index contributed by atoms with van der Waals surface area (Å²) >= 11 is 0. The van der Waals surface area contributed by atoms with Crippen LogP contribution in [-0.2, 0) is 4.74 Å². The van der Waals surface area contributed by atoms with Gasteiger partial charge in [0.2, 0.25) is 0 Å². The number of fused-ring (bicyclic) bond motifs is 1. The molecule has 100 valence electrons. The van der Waals surface area contributed by atoms with Gasteiger partial charge in [-0.3, -0.25) is 0 Å². The van der Waals surface area contributed by atoms with Crippen molar-refractivity contribution >= 4 is 17.3 Å². The molecule has 6 nitrogen and oxygen atoms in total. The van der Waals surface area contributed by atoms with Gasteiger partial charge in [0.15, 0.2) is 11.5 Å². The average Bonchev–Trinajstić information content (AvgIpc) is 2.89. The molecule has 0 bridgehead atoms. The molecule has 6 heteroatoms. The number of benzene rings is 1. The molecule has 0 spiro atoms. The largest absolute Gasteiger partial charge is 0.465 e. The third-order valence-corrected chi connectivity index (χ3v) is 2.90. The summed E-state index contributed by atoms with van der Waals surface area (Å²) in [7, 11) is 1.34. The van der Waals surface area contributed by atoms with Crippen molar-refractivity contribution < 1.29 is 9.53 Å². The number of hydrogen-bond donors (Lipinski definition) is 1. The van der Waals surface area contributed by atoms with Gasteiger partial charge in [-0.2, -0.15) is 0 Å². The molecule has 3 rings (SSSR count). The Morgan fingerprint density at radius 3 is 2.90 bits per heavy atom. The highest BCUT2D eigenvalue weighted by Gasteiger charge is 2.10. The normalized spacial score (nSPS) is 10.7. The summed E-state index contributed by atoms with van der Waals surface area (Å²) in [5, 5.41) is 4.34. The standard InChI is InChI=1S/C14H12N4O2/c1-20-14(19)10-5-6-12-16-13(17-18(12)8-10)9-3-2-4-11(15)7-9/h2-8H,15H2,1H3. The number of carbonyl (C=O) groups is 1. The number of anilines is 1. The number of methoxy groups -OCH3 is 1. The van der Waals surface area contributed by atoms with Crippen molar-refractivity contribution in [3.63, 3.8) is 0 Å². The zero-order chi connectivity index (χ0) is 14.1. The van der Waals surface area contributed by atoms with Gasteiger partial charge in [-0.05, 0) is 24.3 Å². The van der Waals surface area contributed by atoms with Crippen molar-refractivity contribution in [2.24, 2.45) is 0 Å². The van der Waals surface area contributed by atoms with E-state index in [-0.39, 0.29) is 0 Å². The number of aromatic nitrogens is 3. The molecular weight excluding hydrogens is 256 g/mol. The second-order valence-electron chi connectivity index (χ2n) is 4.27. The predicted molar refractivity (Wildman–Crippen MR) is 74.2 cm³/mol. The number of rotatable bonds is 2. The van der Waals surface area contributed by atoms with Crippen LogP contribution in [0.5, 0.6) is 0 Å². The summed E-state index contributed by atoms with van der Waals surface area (Å²) in [5.41, 5.74) is 8.29. The maximum Gasteiger partial charge on any atom is 0.339 e. The van der Waals surface area contributed by atoms with Crippen molar-refractivity contribution in [2.45, 2.75) is 0 Å². The summed E-state index contributed by atoms with van der Waals surface area (Å²) in [6.07, 6.45) is 1.59. The lowest BCUT2D eigenvalue weighted by molar-refractivity contribution is 0.0600. The molecule has 2 N–H and O–H groups in total. The van der Waals surface area contributed by atoms with E-state index in [0.717, 1.165) is 5.56 Å². The number of nitrogens with two attached hydrogens (primary N) is 1. The molecule has 0 unspecified atom stereocenters. The Morgan fingerprint density at radius 2 is 2.15 bits per heavy atom. The molecule has 0 saturated heterocycles. The van der Waals surface area contributed by atoms with Crippen LogP contribution in [0.4, 0.5) is 5.69 Å². The summed E-state index contributed by atoms with van der Waals surface area (Å²) in [6, 6.07) is 10.7. The number of esters is 1. The molecule has 0 saturated carbocycles. The monoisotopic (exact) mass is 268 g/mol. The Hall–Kier alpha value is -2.89. The summed E-state index contributed by atoms with van der Waals surface area (Å²) < 4.78 is 6.22. The summed E-state index contributed by atoms with van der Waals surface area (Å²) in [4.78, 5) is 15.9. The summed E-state index contributed by atoms with van der Waals surface area (Å²) in [6.45, 7) is 0. The molecule has 0 aliphatic heterocycles. The number of nitrogens with zero attached hydrogens (tertiary/aromatic N) is 3. The van der Waals surface area contributed by atoms with Crippen LogP contribution >= 0.6 is 0 Å². The zero-order valence-corrected chi connectivity index (χ0v) is 10.8. The van der Waals surface area contributed by atoms with E-state index in [0.29, 0.717) is 22.7 Å². The maximum atomic E-state index is 11.5. The minimum atomic E-state index is -0.409. The molecule has 2 aromatic heterocycles. The number of hydrogen-bond acceptors (Lipinski definition) is 5. The van der Waals surface area contributed by atoms with Crippen molar-refractivity contribution in [1.82, 2.24) is 14.6 Å². The molecular formula is C14H12N4O2. The third kappa shape index (κ3) is 2.07. The van der Waals surface area contributed by atoms with Crippen molar-refractivity contribution in [1.29, 1.82) is 0 Å². The number of pyridine rings is 1. The van der Waals surface area contributed by atoms with E-state index in [9.17, 15) is 4.79 Å². The van der Waals surface area contributed by atoms with E-state index in [4.69, 9.17) is 5.73 Å². The zero-order valence-electron chi connectivity index (χ0n) is 10.8. The Morgan fingerprint density at radius 1 is 1.30 bits per heavy atom. The molecule has 0 aliphatic carbocycles. The van der Waals surface area contributed by atoms with E-state index in [1.54, 1.807) is 35.0 Å². The Labute approximate surface area is 114 Å². The average molecular weight is 268 g/mol. The van der Waals surface area contributed by atoms with E-state index in [1.807, 2.05) is 12.1 Å². The predicted octanol–water partition coefficient (Wildman–Crippen LogP) is 1.77. The van der Waals surface area contributed by atoms with Crippen LogP contribution in [0.15, 0.2) is 42.6 Å². The molecule has 3 aromatic rings. The van der Waals surface area contributed by atoms with Gasteiger partial charge in [0.1, 0.15) is 0 Å². The number of nitrogen functional groups attached to an aromatic ring is 1. The second kappa shape index (κ2) is 4.65. The maximum absolute atomic E-state index is 11.5. The van der Waals surface area contributed by atoms with E-state index in [1.165, 1.54) is 7.11 Å². The fourth-order valence-corrected chi connectivity index (χ4v) is 1.92. The van der Waals surface area contributed by atoms with Crippen LogP contribution in [0, 0.1) is 0 Å². The Bertz CT molecular complexity index is 795. The number of carbonyl (C=O) groups excluding carboxylic acids is 1. The minimum absolute atomic E-state index is 0.409. The lowest BCUT2D eigenvalue weighted by atomic mass is 10.2. The van der Waals surface area contributed by atoms with Gasteiger partial charge in [-0.25, -0.2) is 14.3 Å². The van der Waals surface area contributed by atoms with Gasteiger partial charge in [-0.1, -0.05) is 12.1 Å². The van der Waals surface area contributed by atoms with E-state index >= 15 is 0 Å². The van der Waals surface area contributed by atoms with Crippen molar-refractivity contribution in [2.75, 3.05) is 12.8 Å². The fourth-order valence-electron chi connectivity index (χ4n) is 1.92. The van der Waals surface area contributed by atoms with E-state index < -0.39 is 5.97 Å². The lowest BCUT2D eigenvalue weighted by Gasteiger charge is -1.98. The van der Waals surface area contributed by atoms with Gasteiger partial charge < -0.3 is 10.5 Å². The second-order valence-corrected chi connectivity index (χ2v) is 4.27. The SMILES string of the molecule is COC(=O)c1ccc2nc(-c3cccc(N)c3)nn2c1. The molecule has 0 radical (unpaired) electrons. The first-order valence-corrected chi connectivity index (χ1v) is 5.98. The first-order valence-electron chi connectivity index (χ1n) is 5.98. The van der Waals surface area contributed by atoms with Crippen molar-refractivity contribution in [3.05, 3.63) is 48.2 Å². The van der Waals surface area contributed by atoms with Crippen LogP contribution < -0.4 is 5.73 Å². The molecule has 20 heavy (non-hydrogen) atoms. The topological polar surface area (TPSA) is 82.5 Å². The van der Waals surface area contributed by atoms with Crippen LogP contribution in [0.1, 0.15) is 10.4 Å². The van der Waals surface area contributed by atoms with Gasteiger partial charge in [0.25, 0.3) is 0 Å². The molecule has 2 heterocycles. The van der Waals surface area contributed by atoms with Gasteiger partial charge >= 0.3 is 5.97 Å². The smallest absolute Gasteiger partial charge is 0.339 e. The molecule has 1 aromatic carbocycles. The molecule has 0 aliphatic rings. The first-order chi connectivity index (χ1) is 9.67. The van der Waals surface area contributed by atoms with Gasteiger partial charge in [0.05, 0.1) is 12.7 Å². The Balaban J connectivity index is 2.09. The van der Waals surface area contributed by atoms with Crippen molar-refractivity contribution in [3.8, 4) is 11.4 Å². The molecule has 0 fully saturated rings. The molecule has 0 amide bonds. The van der Waals surface area contributed by atoms with Gasteiger partial charge in [-0.15, -0.1) is 5.10 Å². The third-order valence-electron chi connectivity index (χ3n) is 2.90. The van der Waals surface area contributed by atoms with E-state index in [2.05, 4.69) is 14.8 Å². The quantitative estimate of drug-likeness (QED) is 0.565. The number of ether oxygens (including phenoxy) is 1. The van der Waals surface area contributed by atoms with Crippen LogP contribution in [0.2, 0.25) is 0 Å².